The minimum Gasteiger partial charge on any atom is -0.467 e. The SMILES string of the molecule is CC(C)CN(C[C@H]1CN(C[C@@H](O)COCc2ccco2)CCO1)C(=O)Cc1ccccc1. The van der Waals surface area contributed by atoms with Crippen LogP contribution in [0.15, 0.2) is 53.1 Å². The predicted octanol–water partition coefficient (Wildman–Crippen LogP) is 2.59. The Balaban J connectivity index is 1.46. The summed E-state index contributed by atoms with van der Waals surface area (Å²) in [6, 6.07) is 13.5. The van der Waals surface area contributed by atoms with Gasteiger partial charge < -0.3 is 23.9 Å². The molecular weight excluding hydrogens is 408 g/mol. The molecule has 1 amide bonds. The van der Waals surface area contributed by atoms with Crippen molar-refractivity contribution in [3.05, 3.63) is 60.1 Å². The maximum absolute atomic E-state index is 13.0. The van der Waals surface area contributed by atoms with Crippen LogP contribution in [-0.2, 0) is 27.3 Å². The van der Waals surface area contributed by atoms with Gasteiger partial charge in [-0.05, 0) is 23.6 Å². The molecule has 7 heteroatoms. The molecule has 2 heterocycles. The summed E-state index contributed by atoms with van der Waals surface area (Å²) in [7, 11) is 0. The van der Waals surface area contributed by atoms with Gasteiger partial charge >= 0.3 is 0 Å². The van der Waals surface area contributed by atoms with Crippen LogP contribution < -0.4 is 0 Å². The van der Waals surface area contributed by atoms with E-state index < -0.39 is 6.10 Å². The number of morpholine rings is 1. The molecule has 1 saturated heterocycles. The van der Waals surface area contributed by atoms with E-state index in [0.29, 0.717) is 51.7 Å². The number of ether oxygens (including phenoxy) is 2. The standard InChI is InChI=1S/C25H36N2O5/c1-20(2)14-27(25(29)13-21-7-4-3-5-8-21)17-24-16-26(10-12-32-24)15-22(28)18-30-19-23-9-6-11-31-23/h3-9,11,20,22,24,28H,10,12-19H2,1-2H3/t22-,24-/m1/s1. The van der Waals surface area contributed by atoms with Crippen molar-refractivity contribution in [2.24, 2.45) is 5.92 Å². The zero-order chi connectivity index (χ0) is 22.8. The van der Waals surface area contributed by atoms with E-state index in [0.717, 1.165) is 17.9 Å². The molecule has 0 aliphatic carbocycles. The second-order valence-electron chi connectivity index (χ2n) is 8.86. The lowest BCUT2D eigenvalue weighted by Gasteiger charge is -2.37. The van der Waals surface area contributed by atoms with Crippen LogP contribution in [-0.4, -0.2) is 79.0 Å². The average Bonchev–Trinajstić information content (AvgIpc) is 3.27. The number of nitrogens with zero attached hydrogens (tertiary/aromatic N) is 2. The molecule has 0 unspecified atom stereocenters. The maximum Gasteiger partial charge on any atom is 0.227 e. The van der Waals surface area contributed by atoms with Crippen LogP contribution in [0.5, 0.6) is 0 Å². The van der Waals surface area contributed by atoms with E-state index in [1.165, 1.54) is 0 Å². The van der Waals surface area contributed by atoms with Crippen molar-refractivity contribution in [2.45, 2.75) is 39.1 Å². The van der Waals surface area contributed by atoms with Gasteiger partial charge in [0, 0.05) is 32.7 Å². The highest BCUT2D eigenvalue weighted by Gasteiger charge is 2.26. The van der Waals surface area contributed by atoms with Crippen LogP contribution in [0.25, 0.3) is 0 Å². The highest BCUT2D eigenvalue weighted by molar-refractivity contribution is 5.78. The molecule has 32 heavy (non-hydrogen) atoms. The Morgan fingerprint density at radius 1 is 1.25 bits per heavy atom. The van der Waals surface area contributed by atoms with E-state index in [-0.39, 0.29) is 18.6 Å². The van der Waals surface area contributed by atoms with Crippen LogP contribution in [0.4, 0.5) is 0 Å². The Hall–Kier alpha value is -2.19. The Morgan fingerprint density at radius 2 is 2.06 bits per heavy atom. The van der Waals surface area contributed by atoms with Crippen LogP contribution in [0.1, 0.15) is 25.2 Å². The van der Waals surface area contributed by atoms with Crippen molar-refractivity contribution < 1.29 is 23.8 Å². The first-order valence-electron chi connectivity index (χ1n) is 11.4. The van der Waals surface area contributed by atoms with E-state index in [2.05, 4.69) is 18.7 Å². The summed E-state index contributed by atoms with van der Waals surface area (Å²) in [6.45, 7) is 8.65. The van der Waals surface area contributed by atoms with Gasteiger partial charge in [-0.15, -0.1) is 0 Å². The molecule has 7 nitrogen and oxygen atoms in total. The number of carbonyl (C=O) groups is 1. The Labute approximate surface area is 190 Å². The van der Waals surface area contributed by atoms with Crippen molar-refractivity contribution in [1.82, 2.24) is 9.80 Å². The number of hydrogen-bond acceptors (Lipinski definition) is 6. The molecular formula is C25H36N2O5. The summed E-state index contributed by atoms with van der Waals surface area (Å²) in [5, 5.41) is 10.4. The largest absolute Gasteiger partial charge is 0.467 e. The molecule has 1 N–H and O–H groups in total. The average molecular weight is 445 g/mol. The zero-order valence-corrected chi connectivity index (χ0v) is 19.2. The van der Waals surface area contributed by atoms with Gasteiger partial charge in [-0.1, -0.05) is 44.2 Å². The van der Waals surface area contributed by atoms with Crippen molar-refractivity contribution >= 4 is 5.91 Å². The first-order chi connectivity index (χ1) is 15.5. The Kier molecular flexibility index (Phi) is 9.74. The second-order valence-corrected chi connectivity index (χ2v) is 8.86. The van der Waals surface area contributed by atoms with E-state index in [1.807, 2.05) is 47.4 Å². The van der Waals surface area contributed by atoms with Gasteiger partial charge in [-0.25, -0.2) is 0 Å². The molecule has 176 valence electrons. The third-order valence-corrected chi connectivity index (χ3v) is 5.39. The smallest absolute Gasteiger partial charge is 0.227 e. The summed E-state index contributed by atoms with van der Waals surface area (Å²) < 4.78 is 16.8. The lowest BCUT2D eigenvalue weighted by Crippen LogP contribution is -2.51. The fourth-order valence-corrected chi connectivity index (χ4v) is 3.94. The molecule has 1 fully saturated rings. The van der Waals surface area contributed by atoms with E-state index in [4.69, 9.17) is 13.9 Å². The summed E-state index contributed by atoms with van der Waals surface area (Å²) in [5.74, 6) is 1.24. The van der Waals surface area contributed by atoms with Crippen molar-refractivity contribution in [3.8, 4) is 0 Å². The molecule has 2 atom stereocenters. The van der Waals surface area contributed by atoms with Crippen LogP contribution in [0.2, 0.25) is 0 Å². The number of aliphatic hydroxyl groups excluding tert-OH is 1. The number of carbonyl (C=O) groups excluding carboxylic acids is 1. The Bertz CT molecular complexity index is 781. The predicted molar refractivity (Wildman–Crippen MR) is 122 cm³/mol. The third-order valence-electron chi connectivity index (χ3n) is 5.39. The minimum absolute atomic E-state index is 0.0709. The highest BCUT2D eigenvalue weighted by Crippen LogP contribution is 2.12. The second kappa shape index (κ2) is 12.7. The van der Waals surface area contributed by atoms with Gasteiger partial charge in [0.1, 0.15) is 12.4 Å². The van der Waals surface area contributed by atoms with Gasteiger partial charge in [0.05, 0.1) is 38.1 Å². The van der Waals surface area contributed by atoms with Gasteiger partial charge in [-0.3, -0.25) is 9.69 Å². The monoisotopic (exact) mass is 444 g/mol. The summed E-state index contributed by atoms with van der Waals surface area (Å²) in [4.78, 5) is 17.1. The fraction of sp³-hybridized carbons (Fsp3) is 0.560. The highest BCUT2D eigenvalue weighted by atomic mass is 16.5. The first kappa shape index (κ1) is 24.5. The topological polar surface area (TPSA) is 75.4 Å². The first-order valence-corrected chi connectivity index (χ1v) is 11.4. The maximum atomic E-state index is 13.0. The van der Waals surface area contributed by atoms with E-state index >= 15 is 0 Å². The van der Waals surface area contributed by atoms with Crippen LogP contribution in [0, 0.1) is 5.92 Å². The quantitative estimate of drug-likeness (QED) is 0.542. The van der Waals surface area contributed by atoms with Crippen molar-refractivity contribution in [3.63, 3.8) is 0 Å². The van der Waals surface area contributed by atoms with Gasteiger partial charge in [0.25, 0.3) is 0 Å². The number of benzene rings is 1. The lowest BCUT2D eigenvalue weighted by atomic mass is 10.1. The van der Waals surface area contributed by atoms with Crippen LogP contribution >= 0.6 is 0 Å². The number of aliphatic hydroxyl groups is 1. The summed E-state index contributed by atoms with van der Waals surface area (Å²) >= 11 is 0. The van der Waals surface area contributed by atoms with Gasteiger partial charge in [0.2, 0.25) is 5.91 Å². The third kappa shape index (κ3) is 8.39. The molecule has 0 saturated carbocycles. The molecule has 1 aliphatic heterocycles. The molecule has 2 aromatic rings. The molecule has 3 rings (SSSR count). The van der Waals surface area contributed by atoms with Gasteiger partial charge in [-0.2, -0.15) is 0 Å². The molecule has 1 aromatic carbocycles. The number of β-amino-alcohol motifs (C(OH)–C–C–N with tert-alkyl or cyclic N) is 1. The minimum atomic E-state index is -0.588. The molecule has 0 spiro atoms. The fourth-order valence-electron chi connectivity index (χ4n) is 3.94. The lowest BCUT2D eigenvalue weighted by molar-refractivity contribution is -0.135. The molecule has 1 aromatic heterocycles. The summed E-state index contributed by atoms with van der Waals surface area (Å²) in [5.41, 5.74) is 1.02. The number of amides is 1. The van der Waals surface area contributed by atoms with Crippen molar-refractivity contribution in [2.75, 3.05) is 45.9 Å². The molecule has 0 radical (unpaired) electrons. The number of furan rings is 1. The zero-order valence-electron chi connectivity index (χ0n) is 19.2. The van der Waals surface area contributed by atoms with Gasteiger partial charge in [0.15, 0.2) is 0 Å². The molecule has 1 aliphatic rings. The van der Waals surface area contributed by atoms with Crippen molar-refractivity contribution in [1.29, 1.82) is 0 Å². The Morgan fingerprint density at radius 3 is 2.78 bits per heavy atom. The number of hydrogen-bond donors (Lipinski definition) is 1. The molecule has 0 bridgehead atoms. The summed E-state index contributed by atoms with van der Waals surface area (Å²) in [6.07, 6.45) is 1.35. The van der Waals surface area contributed by atoms with E-state index in [1.54, 1.807) is 6.26 Å². The van der Waals surface area contributed by atoms with E-state index in [9.17, 15) is 9.90 Å². The number of rotatable bonds is 12. The van der Waals surface area contributed by atoms with Crippen LogP contribution in [0.3, 0.4) is 0 Å². The normalized spacial score (nSPS) is 18.1.